The molecule has 0 radical (unpaired) electrons. The fourth-order valence-corrected chi connectivity index (χ4v) is 3.14. The average molecular weight is 265 g/mol. The number of aliphatic carboxylic acids is 1. The van der Waals surface area contributed by atoms with Crippen molar-refractivity contribution in [2.24, 2.45) is 5.92 Å². The van der Waals surface area contributed by atoms with E-state index in [9.17, 15) is 18.0 Å². The van der Waals surface area contributed by atoms with E-state index in [1.807, 2.05) is 0 Å². The summed E-state index contributed by atoms with van der Waals surface area (Å²) in [6.07, 6.45) is 1.57. The van der Waals surface area contributed by atoms with Crippen LogP contribution in [-0.2, 0) is 24.3 Å². The summed E-state index contributed by atoms with van der Waals surface area (Å²) in [5, 5.41) is 8.88. The van der Waals surface area contributed by atoms with Gasteiger partial charge in [0.25, 0.3) is 0 Å². The molecule has 0 aromatic heterocycles. The highest BCUT2D eigenvalue weighted by Gasteiger charge is 2.35. The van der Waals surface area contributed by atoms with Crippen molar-refractivity contribution in [1.29, 1.82) is 0 Å². The molecule has 1 aliphatic rings. The van der Waals surface area contributed by atoms with Crippen LogP contribution in [0, 0.1) is 5.92 Å². The fourth-order valence-electron chi connectivity index (χ4n) is 1.88. The first kappa shape index (κ1) is 13.9. The average Bonchev–Trinajstić information content (AvgIpc) is 2.64. The number of carboxylic acids is 1. The van der Waals surface area contributed by atoms with Gasteiger partial charge in [-0.15, -0.1) is 0 Å². The lowest BCUT2D eigenvalue weighted by Crippen LogP contribution is -2.42. The first-order valence-corrected chi connectivity index (χ1v) is 6.80. The number of ether oxygens (including phenoxy) is 1. The Balaban J connectivity index is 2.64. The third-order valence-electron chi connectivity index (χ3n) is 2.70. The Bertz CT molecular complexity index is 404. The maximum Gasteiger partial charge on any atom is 0.322 e. The van der Waals surface area contributed by atoms with Crippen LogP contribution in [0.1, 0.15) is 19.3 Å². The summed E-state index contributed by atoms with van der Waals surface area (Å²) in [5.74, 6) is -3.40. The minimum atomic E-state index is -3.83. The van der Waals surface area contributed by atoms with Crippen LogP contribution in [0.15, 0.2) is 0 Å². The van der Waals surface area contributed by atoms with Crippen LogP contribution in [0.3, 0.4) is 0 Å². The number of methoxy groups -OCH3 is 1. The van der Waals surface area contributed by atoms with E-state index < -0.39 is 39.7 Å². The summed E-state index contributed by atoms with van der Waals surface area (Å²) in [6.45, 7) is 0. The van der Waals surface area contributed by atoms with Crippen LogP contribution >= 0.6 is 0 Å². The topological polar surface area (TPSA) is 110 Å². The molecule has 1 fully saturated rings. The maximum absolute atomic E-state index is 11.5. The van der Waals surface area contributed by atoms with Gasteiger partial charge < -0.3 is 9.84 Å². The number of hydrogen-bond donors (Lipinski definition) is 2. The molecule has 0 saturated heterocycles. The van der Waals surface area contributed by atoms with Crippen molar-refractivity contribution in [3.63, 3.8) is 0 Å². The van der Waals surface area contributed by atoms with Gasteiger partial charge in [0.15, 0.2) is 5.75 Å². The highest BCUT2D eigenvalue weighted by molar-refractivity contribution is 7.90. The van der Waals surface area contributed by atoms with Gasteiger partial charge in [-0.05, 0) is 12.8 Å². The second kappa shape index (κ2) is 5.46. The molecule has 0 amide bonds. The minimum absolute atomic E-state index is 0.445. The standard InChI is InChI=1S/C9H15NO6S/c1-16-8(11)5-17(14,15)10-7-4-2-3-6(7)9(12)13/h6-7,10H,2-5H2,1H3,(H,12,13). The van der Waals surface area contributed by atoms with E-state index >= 15 is 0 Å². The fraction of sp³-hybridized carbons (Fsp3) is 0.778. The second-order valence-electron chi connectivity index (χ2n) is 3.94. The molecule has 0 heterocycles. The van der Waals surface area contributed by atoms with E-state index in [1.165, 1.54) is 0 Å². The minimum Gasteiger partial charge on any atom is -0.481 e. The molecule has 0 bridgehead atoms. The molecule has 1 aliphatic carbocycles. The lowest BCUT2D eigenvalue weighted by atomic mass is 10.1. The van der Waals surface area contributed by atoms with Gasteiger partial charge in [-0.25, -0.2) is 13.1 Å². The van der Waals surface area contributed by atoms with Gasteiger partial charge in [0.1, 0.15) is 0 Å². The SMILES string of the molecule is COC(=O)CS(=O)(=O)NC1CCCC1C(=O)O. The van der Waals surface area contributed by atoms with Crippen LogP contribution < -0.4 is 4.72 Å². The molecule has 8 heteroatoms. The molecule has 7 nitrogen and oxygen atoms in total. The Morgan fingerprint density at radius 1 is 1.41 bits per heavy atom. The Hall–Kier alpha value is -1.15. The molecule has 0 aromatic rings. The van der Waals surface area contributed by atoms with Crippen LogP contribution in [0.5, 0.6) is 0 Å². The zero-order valence-electron chi connectivity index (χ0n) is 9.38. The molecular formula is C9H15NO6S. The molecule has 2 N–H and O–H groups in total. The van der Waals surface area contributed by atoms with Crippen LogP contribution in [0.2, 0.25) is 0 Å². The molecule has 0 aliphatic heterocycles. The second-order valence-corrected chi connectivity index (χ2v) is 5.69. The predicted octanol–water partition coefficient (Wildman–Crippen LogP) is -0.668. The summed E-state index contributed by atoms with van der Waals surface area (Å²) in [7, 11) is -2.74. The quantitative estimate of drug-likeness (QED) is 0.638. The molecule has 0 aromatic carbocycles. The summed E-state index contributed by atoms with van der Waals surface area (Å²) in [4.78, 5) is 21.7. The highest BCUT2D eigenvalue weighted by atomic mass is 32.2. The van der Waals surface area contributed by atoms with Crippen LogP contribution in [0.25, 0.3) is 0 Å². The van der Waals surface area contributed by atoms with Crippen molar-refractivity contribution in [3.05, 3.63) is 0 Å². The number of carbonyl (C=O) groups is 2. The molecule has 0 spiro atoms. The van der Waals surface area contributed by atoms with E-state index in [0.717, 1.165) is 7.11 Å². The number of esters is 1. The van der Waals surface area contributed by atoms with Crippen molar-refractivity contribution in [2.75, 3.05) is 12.9 Å². The molecule has 1 rings (SSSR count). The number of nitrogens with one attached hydrogen (secondary N) is 1. The lowest BCUT2D eigenvalue weighted by Gasteiger charge is -2.16. The summed E-state index contributed by atoms with van der Waals surface area (Å²) >= 11 is 0. The first-order chi connectivity index (χ1) is 7.85. The van der Waals surface area contributed by atoms with Gasteiger partial charge in [0, 0.05) is 6.04 Å². The van der Waals surface area contributed by atoms with Crippen LogP contribution in [-0.4, -0.2) is 44.4 Å². The largest absolute Gasteiger partial charge is 0.481 e. The van der Waals surface area contributed by atoms with E-state index in [1.54, 1.807) is 0 Å². The number of sulfonamides is 1. The van der Waals surface area contributed by atoms with Crippen molar-refractivity contribution in [2.45, 2.75) is 25.3 Å². The van der Waals surface area contributed by atoms with Crippen molar-refractivity contribution < 1.29 is 27.9 Å². The summed E-state index contributed by atoms with van der Waals surface area (Å²) < 4.78 is 29.5. The first-order valence-electron chi connectivity index (χ1n) is 5.15. The number of carboxylic acid groups (broad SMARTS) is 1. The molecule has 17 heavy (non-hydrogen) atoms. The monoisotopic (exact) mass is 265 g/mol. The van der Waals surface area contributed by atoms with Crippen molar-refractivity contribution in [1.82, 2.24) is 4.72 Å². The van der Waals surface area contributed by atoms with Gasteiger partial charge in [-0.3, -0.25) is 9.59 Å². The maximum atomic E-state index is 11.5. The molecule has 1 saturated carbocycles. The number of hydrogen-bond acceptors (Lipinski definition) is 5. The van der Waals surface area contributed by atoms with Gasteiger partial charge in [-0.2, -0.15) is 0 Å². The zero-order valence-corrected chi connectivity index (χ0v) is 10.2. The Morgan fingerprint density at radius 3 is 2.59 bits per heavy atom. The van der Waals surface area contributed by atoms with Crippen molar-refractivity contribution >= 4 is 22.0 Å². The van der Waals surface area contributed by atoms with E-state index in [0.29, 0.717) is 19.3 Å². The zero-order chi connectivity index (χ0) is 13.1. The summed E-state index contributed by atoms with van der Waals surface area (Å²) in [5.41, 5.74) is 0. The molecular weight excluding hydrogens is 250 g/mol. The molecule has 2 atom stereocenters. The molecule has 98 valence electrons. The number of rotatable bonds is 5. The Kier molecular flexibility index (Phi) is 4.47. The van der Waals surface area contributed by atoms with Gasteiger partial charge in [0.2, 0.25) is 10.0 Å². The predicted molar refractivity (Wildman–Crippen MR) is 57.7 cm³/mol. The Morgan fingerprint density at radius 2 is 2.06 bits per heavy atom. The van der Waals surface area contributed by atoms with Crippen molar-refractivity contribution in [3.8, 4) is 0 Å². The van der Waals surface area contributed by atoms with Gasteiger partial charge in [0.05, 0.1) is 13.0 Å². The van der Waals surface area contributed by atoms with Gasteiger partial charge >= 0.3 is 11.9 Å². The lowest BCUT2D eigenvalue weighted by molar-refractivity contribution is -0.142. The smallest absolute Gasteiger partial charge is 0.322 e. The normalized spacial score (nSPS) is 24.5. The third kappa shape index (κ3) is 3.97. The van der Waals surface area contributed by atoms with E-state index in [2.05, 4.69) is 9.46 Å². The highest BCUT2D eigenvalue weighted by Crippen LogP contribution is 2.26. The van der Waals surface area contributed by atoms with Gasteiger partial charge in [-0.1, -0.05) is 6.42 Å². The third-order valence-corrected chi connectivity index (χ3v) is 3.98. The van der Waals surface area contributed by atoms with Crippen LogP contribution in [0.4, 0.5) is 0 Å². The summed E-state index contributed by atoms with van der Waals surface area (Å²) in [6, 6.07) is -0.637. The number of carbonyl (C=O) groups excluding carboxylic acids is 1. The molecule has 2 unspecified atom stereocenters. The Labute approximate surface area is 99.2 Å². The van der Waals surface area contributed by atoms with E-state index in [4.69, 9.17) is 5.11 Å². The van der Waals surface area contributed by atoms with E-state index in [-0.39, 0.29) is 0 Å².